The fourth-order valence-corrected chi connectivity index (χ4v) is 2.49. The molecule has 2 unspecified atom stereocenters. The van der Waals surface area contributed by atoms with E-state index in [9.17, 15) is 9.90 Å². The minimum Gasteiger partial charge on any atom is -0.480 e. The van der Waals surface area contributed by atoms with Crippen molar-refractivity contribution in [1.82, 2.24) is 5.32 Å². The standard InChI is InChI=1S/C12H23NO2/c1-9(2)13-12(11(14)15)7-4-5-10(3)6-8-12/h9-10,13H,4-8H2,1-3H3,(H,14,15). The van der Waals surface area contributed by atoms with Crippen LogP contribution in [0.15, 0.2) is 0 Å². The van der Waals surface area contributed by atoms with Crippen LogP contribution >= 0.6 is 0 Å². The van der Waals surface area contributed by atoms with Crippen molar-refractivity contribution < 1.29 is 9.90 Å². The van der Waals surface area contributed by atoms with E-state index in [1.807, 2.05) is 13.8 Å². The van der Waals surface area contributed by atoms with Crippen LogP contribution in [0.4, 0.5) is 0 Å². The van der Waals surface area contributed by atoms with E-state index in [1.165, 1.54) is 0 Å². The summed E-state index contributed by atoms with van der Waals surface area (Å²) in [5, 5.41) is 12.6. The highest BCUT2D eigenvalue weighted by Gasteiger charge is 2.39. The Bertz CT molecular complexity index is 228. The fourth-order valence-electron chi connectivity index (χ4n) is 2.49. The summed E-state index contributed by atoms with van der Waals surface area (Å²) < 4.78 is 0. The molecule has 15 heavy (non-hydrogen) atoms. The monoisotopic (exact) mass is 213 g/mol. The second kappa shape index (κ2) is 4.97. The topological polar surface area (TPSA) is 49.3 Å². The second-order valence-corrected chi connectivity index (χ2v) is 5.22. The molecule has 1 rings (SSSR count). The fraction of sp³-hybridized carbons (Fsp3) is 0.917. The Morgan fingerprint density at radius 2 is 2.07 bits per heavy atom. The number of carboxylic acid groups (broad SMARTS) is 1. The van der Waals surface area contributed by atoms with Gasteiger partial charge in [-0.1, -0.05) is 19.8 Å². The van der Waals surface area contributed by atoms with Gasteiger partial charge in [-0.05, 0) is 39.0 Å². The van der Waals surface area contributed by atoms with Gasteiger partial charge in [0.2, 0.25) is 0 Å². The predicted molar refractivity (Wildman–Crippen MR) is 60.9 cm³/mol. The first-order valence-electron chi connectivity index (χ1n) is 5.97. The number of hydrogen-bond donors (Lipinski definition) is 2. The van der Waals surface area contributed by atoms with Crippen LogP contribution < -0.4 is 5.32 Å². The average Bonchev–Trinajstić information content (AvgIpc) is 2.28. The van der Waals surface area contributed by atoms with Gasteiger partial charge in [-0.3, -0.25) is 10.1 Å². The summed E-state index contributed by atoms with van der Waals surface area (Å²) >= 11 is 0. The van der Waals surface area contributed by atoms with E-state index >= 15 is 0 Å². The normalized spacial score (nSPS) is 32.7. The minimum absolute atomic E-state index is 0.231. The van der Waals surface area contributed by atoms with E-state index in [0.29, 0.717) is 5.92 Å². The molecule has 0 amide bonds. The molecule has 1 aliphatic rings. The van der Waals surface area contributed by atoms with E-state index in [2.05, 4.69) is 12.2 Å². The van der Waals surface area contributed by atoms with Gasteiger partial charge in [0.1, 0.15) is 5.54 Å². The Hall–Kier alpha value is -0.570. The lowest BCUT2D eigenvalue weighted by molar-refractivity contribution is -0.146. The van der Waals surface area contributed by atoms with Crippen LogP contribution in [0.1, 0.15) is 52.9 Å². The van der Waals surface area contributed by atoms with E-state index in [-0.39, 0.29) is 6.04 Å². The molecule has 0 bridgehead atoms. The van der Waals surface area contributed by atoms with Crippen molar-refractivity contribution in [2.75, 3.05) is 0 Å². The van der Waals surface area contributed by atoms with Crippen molar-refractivity contribution in [2.45, 2.75) is 64.5 Å². The maximum atomic E-state index is 11.4. The molecule has 1 aliphatic carbocycles. The molecule has 0 aromatic carbocycles. The molecule has 0 aromatic heterocycles. The molecule has 3 heteroatoms. The number of nitrogens with one attached hydrogen (secondary N) is 1. The number of aliphatic carboxylic acids is 1. The smallest absolute Gasteiger partial charge is 0.323 e. The molecule has 0 radical (unpaired) electrons. The van der Waals surface area contributed by atoms with Crippen LogP contribution in [0, 0.1) is 5.92 Å². The van der Waals surface area contributed by atoms with Crippen molar-refractivity contribution >= 4 is 5.97 Å². The van der Waals surface area contributed by atoms with Gasteiger partial charge in [0, 0.05) is 6.04 Å². The van der Waals surface area contributed by atoms with Gasteiger partial charge in [0.25, 0.3) is 0 Å². The molecular formula is C12H23NO2. The van der Waals surface area contributed by atoms with Crippen molar-refractivity contribution in [3.05, 3.63) is 0 Å². The van der Waals surface area contributed by atoms with Gasteiger partial charge in [-0.15, -0.1) is 0 Å². The number of carboxylic acids is 1. The quantitative estimate of drug-likeness (QED) is 0.708. The van der Waals surface area contributed by atoms with Gasteiger partial charge in [0.15, 0.2) is 0 Å². The Morgan fingerprint density at radius 1 is 1.40 bits per heavy atom. The Kier molecular flexibility index (Phi) is 4.14. The van der Waals surface area contributed by atoms with Gasteiger partial charge >= 0.3 is 5.97 Å². The van der Waals surface area contributed by atoms with Crippen LogP contribution in [-0.2, 0) is 4.79 Å². The third-order valence-electron chi connectivity index (χ3n) is 3.34. The molecule has 0 aliphatic heterocycles. The first kappa shape index (κ1) is 12.5. The van der Waals surface area contributed by atoms with Gasteiger partial charge in [-0.2, -0.15) is 0 Å². The van der Waals surface area contributed by atoms with Crippen LogP contribution in [-0.4, -0.2) is 22.7 Å². The summed E-state index contributed by atoms with van der Waals surface area (Å²) in [7, 11) is 0. The highest BCUT2D eigenvalue weighted by molar-refractivity contribution is 5.78. The summed E-state index contributed by atoms with van der Waals surface area (Å²) in [6.07, 6.45) is 4.74. The predicted octanol–water partition coefficient (Wildman–Crippen LogP) is 2.41. The number of rotatable bonds is 3. The first-order chi connectivity index (χ1) is 6.96. The molecule has 1 fully saturated rings. The van der Waals surface area contributed by atoms with Crippen molar-refractivity contribution in [3.8, 4) is 0 Å². The summed E-state index contributed by atoms with van der Waals surface area (Å²) in [6.45, 7) is 6.24. The molecule has 0 spiro atoms. The Balaban J connectivity index is 2.75. The molecule has 2 N–H and O–H groups in total. The average molecular weight is 213 g/mol. The molecule has 3 nitrogen and oxygen atoms in total. The largest absolute Gasteiger partial charge is 0.480 e. The molecular weight excluding hydrogens is 190 g/mol. The van der Waals surface area contributed by atoms with Crippen molar-refractivity contribution in [1.29, 1.82) is 0 Å². The van der Waals surface area contributed by atoms with Gasteiger partial charge in [-0.25, -0.2) is 0 Å². The van der Waals surface area contributed by atoms with E-state index in [0.717, 1.165) is 32.1 Å². The molecule has 88 valence electrons. The highest BCUT2D eigenvalue weighted by atomic mass is 16.4. The zero-order chi connectivity index (χ0) is 11.5. The van der Waals surface area contributed by atoms with Crippen LogP contribution in [0.2, 0.25) is 0 Å². The zero-order valence-electron chi connectivity index (χ0n) is 10.0. The maximum Gasteiger partial charge on any atom is 0.323 e. The number of hydrogen-bond acceptors (Lipinski definition) is 2. The highest BCUT2D eigenvalue weighted by Crippen LogP contribution is 2.30. The summed E-state index contributed by atoms with van der Waals surface area (Å²) in [5.74, 6) is -0.00881. The lowest BCUT2D eigenvalue weighted by Crippen LogP contribution is -2.54. The lowest BCUT2D eigenvalue weighted by Gasteiger charge is -2.31. The van der Waals surface area contributed by atoms with Crippen molar-refractivity contribution in [3.63, 3.8) is 0 Å². The van der Waals surface area contributed by atoms with Crippen molar-refractivity contribution in [2.24, 2.45) is 5.92 Å². The SMILES string of the molecule is CC1CCCC(NC(C)C)(C(=O)O)CC1. The lowest BCUT2D eigenvalue weighted by atomic mass is 9.89. The maximum absolute atomic E-state index is 11.4. The minimum atomic E-state index is -0.676. The van der Waals surface area contributed by atoms with Gasteiger partial charge < -0.3 is 5.11 Å². The van der Waals surface area contributed by atoms with Crippen LogP contribution in [0.25, 0.3) is 0 Å². The van der Waals surface area contributed by atoms with Crippen LogP contribution in [0.5, 0.6) is 0 Å². The summed E-state index contributed by atoms with van der Waals surface area (Å²) in [5.41, 5.74) is -0.668. The van der Waals surface area contributed by atoms with E-state index in [4.69, 9.17) is 0 Å². The summed E-state index contributed by atoms with van der Waals surface area (Å²) in [4.78, 5) is 11.4. The zero-order valence-corrected chi connectivity index (χ0v) is 10.0. The summed E-state index contributed by atoms with van der Waals surface area (Å²) in [6, 6.07) is 0.231. The van der Waals surface area contributed by atoms with Gasteiger partial charge in [0.05, 0.1) is 0 Å². The first-order valence-corrected chi connectivity index (χ1v) is 5.97. The molecule has 1 saturated carbocycles. The Labute approximate surface area is 92.3 Å². The molecule has 0 aromatic rings. The van der Waals surface area contributed by atoms with E-state index < -0.39 is 11.5 Å². The molecule has 0 saturated heterocycles. The molecule has 0 heterocycles. The molecule has 2 atom stereocenters. The number of carbonyl (C=O) groups is 1. The Morgan fingerprint density at radius 3 is 2.60 bits per heavy atom. The van der Waals surface area contributed by atoms with Crippen LogP contribution in [0.3, 0.4) is 0 Å². The second-order valence-electron chi connectivity index (χ2n) is 5.22. The van der Waals surface area contributed by atoms with E-state index in [1.54, 1.807) is 0 Å². The third-order valence-corrected chi connectivity index (χ3v) is 3.34. The third kappa shape index (κ3) is 3.20.